The lowest BCUT2D eigenvalue weighted by Crippen LogP contribution is -2.29. The molecule has 0 atom stereocenters. The Labute approximate surface area is 187 Å². The van der Waals surface area contributed by atoms with E-state index in [4.69, 9.17) is 16.1 Å². The summed E-state index contributed by atoms with van der Waals surface area (Å²) in [6.07, 6.45) is 0. The number of aromatic nitrogens is 1. The van der Waals surface area contributed by atoms with Gasteiger partial charge in [-0.25, -0.2) is 4.90 Å². The first-order valence-electron chi connectivity index (χ1n) is 9.64. The number of carbonyl (C=O) groups excluding carboxylic acids is 3. The maximum Gasteiger partial charge on any atom is 0.294 e. The van der Waals surface area contributed by atoms with Crippen LogP contribution < -0.4 is 10.2 Å². The minimum atomic E-state index is -0.510. The summed E-state index contributed by atoms with van der Waals surface area (Å²) in [7, 11) is 0. The number of anilines is 2. The Bertz CT molecular complexity index is 1350. The molecule has 156 valence electrons. The number of nitrogens with zero attached hydrogens (tertiary/aromatic N) is 2. The molecule has 8 heteroatoms. The van der Waals surface area contributed by atoms with Gasteiger partial charge in [0, 0.05) is 17.3 Å². The molecular formula is C24H14ClN3O4. The third-order valence-electron chi connectivity index (χ3n) is 5.04. The first-order chi connectivity index (χ1) is 15.5. The van der Waals surface area contributed by atoms with Crippen LogP contribution in [0.15, 0.2) is 83.4 Å². The topological polar surface area (TPSA) is 92.5 Å². The fraction of sp³-hybridized carbons (Fsp3) is 0. The number of benzene rings is 3. The van der Waals surface area contributed by atoms with Gasteiger partial charge in [0.25, 0.3) is 17.7 Å². The molecule has 1 aliphatic heterocycles. The molecule has 0 fully saturated rings. The standard InChI is InChI=1S/C24H14ClN3O4/c25-18-12-15(26-22(29)21-13-19(27-32-21)14-6-2-1-3-7-14)10-11-20(18)28-23(30)16-8-4-5-9-17(16)24(28)31/h1-13H,(H,26,29). The van der Waals surface area contributed by atoms with Crippen molar-refractivity contribution in [1.82, 2.24) is 5.16 Å². The van der Waals surface area contributed by atoms with Gasteiger partial charge in [0.05, 0.1) is 21.8 Å². The van der Waals surface area contributed by atoms with Gasteiger partial charge in [-0.15, -0.1) is 0 Å². The van der Waals surface area contributed by atoms with Crippen LogP contribution in [0.2, 0.25) is 5.02 Å². The Kier molecular flexibility index (Phi) is 4.80. The summed E-state index contributed by atoms with van der Waals surface area (Å²) < 4.78 is 5.16. The Morgan fingerprint density at radius 3 is 2.19 bits per heavy atom. The van der Waals surface area contributed by atoms with Gasteiger partial charge in [-0.1, -0.05) is 59.2 Å². The van der Waals surface area contributed by atoms with E-state index in [9.17, 15) is 14.4 Å². The van der Waals surface area contributed by atoms with E-state index >= 15 is 0 Å². The molecule has 5 rings (SSSR count). The molecule has 1 aromatic heterocycles. The molecule has 0 bridgehead atoms. The summed E-state index contributed by atoms with van der Waals surface area (Å²) in [4.78, 5) is 39.0. The second-order valence-corrected chi connectivity index (χ2v) is 7.46. The van der Waals surface area contributed by atoms with E-state index in [1.165, 1.54) is 12.1 Å². The van der Waals surface area contributed by atoms with Crippen LogP contribution in [-0.2, 0) is 0 Å². The summed E-state index contributed by atoms with van der Waals surface area (Å²) >= 11 is 6.36. The largest absolute Gasteiger partial charge is 0.350 e. The molecule has 2 heterocycles. The number of carbonyl (C=O) groups is 3. The molecule has 3 amide bonds. The second kappa shape index (κ2) is 7.79. The zero-order valence-corrected chi connectivity index (χ0v) is 17.2. The van der Waals surface area contributed by atoms with Crippen LogP contribution in [0.4, 0.5) is 11.4 Å². The molecule has 4 aromatic rings. The number of amides is 3. The maximum atomic E-state index is 12.7. The van der Waals surface area contributed by atoms with Crippen LogP contribution in [-0.4, -0.2) is 22.9 Å². The maximum absolute atomic E-state index is 12.7. The third-order valence-corrected chi connectivity index (χ3v) is 5.35. The van der Waals surface area contributed by atoms with E-state index in [-0.39, 0.29) is 16.5 Å². The molecule has 3 aromatic carbocycles. The molecule has 32 heavy (non-hydrogen) atoms. The van der Waals surface area contributed by atoms with Crippen molar-refractivity contribution >= 4 is 40.7 Å². The molecular weight excluding hydrogens is 430 g/mol. The molecule has 7 nitrogen and oxygen atoms in total. The average molecular weight is 444 g/mol. The molecule has 0 saturated carbocycles. The minimum Gasteiger partial charge on any atom is -0.350 e. The minimum absolute atomic E-state index is 0.0319. The fourth-order valence-electron chi connectivity index (χ4n) is 3.49. The smallest absolute Gasteiger partial charge is 0.294 e. The van der Waals surface area contributed by atoms with Gasteiger partial charge in [-0.05, 0) is 30.3 Å². The van der Waals surface area contributed by atoms with Gasteiger partial charge in [-0.3, -0.25) is 14.4 Å². The Hall–Kier alpha value is -4.23. The zero-order chi connectivity index (χ0) is 22.2. The van der Waals surface area contributed by atoms with Gasteiger partial charge in [0.15, 0.2) is 0 Å². The SMILES string of the molecule is O=C(Nc1ccc(N2C(=O)c3ccccc3C2=O)c(Cl)c1)c1cc(-c2ccccc2)no1. The van der Waals surface area contributed by atoms with Crippen molar-refractivity contribution in [2.24, 2.45) is 0 Å². The number of halogens is 1. The third kappa shape index (κ3) is 3.34. The van der Waals surface area contributed by atoms with Crippen LogP contribution in [0.3, 0.4) is 0 Å². The van der Waals surface area contributed by atoms with Gasteiger partial charge >= 0.3 is 0 Å². The zero-order valence-electron chi connectivity index (χ0n) is 16.4. The van der Waals surface area contributed by atoms with Crippen LogP contribution in [0.5, 0.6) is 0 Å². The highest BCUT2D eigenvalue weighted by Crippen LogP contribution is 2.35. The van der Waals surface area contributed by atoms with Crippen LogP contribution in [0, 0.1) is 0 Å². The van der Waals surface area contributed by atoms with Crippen molar-refractivity contribution in [1.29, 1.82) is 0 Å². The molecule has 0 aliphatic carbocycles. The van der Waals surface area contributed by atoms with Crippen LogP contribution in [0.1, 0.15) is 31.3 Å². The van der Waals surface area contributed by atoms with Gasteiger partial charge in [0.2, 0.25) is 5.76 Å². The Morgan fingerprint density at radius 2 is 1.53 bits per heavy atom. The number of nitrogens with one attached hydrogen (secondary N) is 1. The van der Waals surface area contributed by atoms with Crippen molar-refractivity contribution in [3.05, 3.63) is 101 Å². The van der Waals surface area contributed by atoms with Gasteiger partial charge in [0.1, 0.15) is 5.69 Å². The lowest BCUT2D eigenvalue weighted by atomic mass is 10.1. The predicted molar refractivity (Wildman–Crippen MR) is 119 cm³/mol. The van der Waals surface area contributed by atoms with Crippen molar-refractivity contribution in [2.45, 2.75) is 0 Å². The number of hydrogen-bond donors (Lipinski definition) is 1. The lowest BCUT2D eigenvalue weighted by molar-refractivity contribution is 0.0924. The second-order valence-electron chi connectivity index (χ2n) is 7.05. The molecule has 0 saturated heterocycles. The number of hydrogen-bond acceptors (Lipinski definition) is 5. The summed E-state index contributed by atoms with van der Waals surface area (Å²) in [5.41, 5.74) is 2.62. The first kappa shape index (κ1) is 19.7. The van der Waals surface area contributed by atoms with Crippen molar-refractivity contribution < 1.29 is 18.9 Å². The normalized spacial score (nSPS) is 12.7. The van der Waals surface area contributed by atoms with Crippen molar-refractivity contribution in [3.8, 4) is 11.3 Å². The van der Waals surface area contributed by atoms with E-state index in [1.54, 1.807) is 36.4 Å². The van der Waals surface area contributed by atoms with Crippen LogP contribution in [0.25, 0.3) is 11.3 Å². The lowest BCUT2D eigenvalue weighted by Gasteiger charge is -2.16. The van der Waals surface area contributed by atoms with E-state index < -0.39 is 17.7 Å². The number of imide groups is 1. The van der Waals surface area contributed by atoms with Crippen molar-refractivity contribution in [2.75, 3.05) is 10.2 Å². The predicted octanol–water partition coefficient (Wildman–Crippen LogP) is 5.05. The number of fused-ring (bicyclic) bond motifs is 1. The highest BCUT2D eigenvalue weighted by Gasteiger charge is 2.37. The van der Waals surface area contributed by atoms with Gasteiger partial charge in [-0.2, -0.15) is 0 Å². The summed E-state index contributed by atoms with van der Waals surface area (Å²) in [5, 5.41) is 6.74. The van der Waals surface area contributed by atoms with E-state index in [0.29, 0.717) is 22.5 Å². The highest BCUT2D eigenvalue weighted by atomic mass is 35.5. The molecule has 0 unspecified atom stereocenters. The van der Waals surface area contributed by atoms with Gasteiger partial charge < -0.3 is 9.84 Å². The summed E-state index contributed by atoms with van der Waals surface area (Å²) in [5.74, 6) is -1.37. The van der Waals surface area contributed by atoms with E-state index in [0.717, 1.165) is 10.5 Å². The number of rotatable bonds is 4. The Morgan fingerprint density at radius 1 is 0.875 bits per heavy atom. The van der Waals surface area contributed by atoms with E-state index in [2.05, 4.69) is 10.5 Å². The van der Waals surface area contributed by atoms with E-state index in [1.807, 2.05) is 30.3 Å². The average Bonchev–Trinajstić information content (AvgIpc) is 3.40. The summed E-state index contributed by atoms with van der Waals surface area (Å²) in [6.45, 7) is 0. The monoisotopic (exact) mass is 443 g/mol. The molecule has 1 aliphatic rings. The molecule has 1 N–H and O–H groups in total. The quantitative estimate of drug-likeness (QED) is 0.445. The Balaban J connectivity index is 1.36. The molecule has 0 spiro atoms. The van der Waals surface area contributed by atoms with Crippen LogP contribution >= 0.6 is 11.6 Å². The molecule has 0 radical (unpaired) electrons. The fourth-order valence-corrected chi connectivity index (χ4v) is 3.76. The van der Waals surface area contributed by atoms with Crippen molar-refractivity contribution in [3.63, 3.8) is 0 Å². The first-order valence-corrected chi connectivity index (χ1v) is 10.0. The highest BCUT2D eigenvalue weighted by molar-refractivity contribution is 6.40. The summed E-state index contributed by atoms with van der Waals surface area (Å²) in [6, 6.07) is 22.0.